The third-order valence-electron chi connectivity index (χ3n) is 12.3. The first kappa shape index (κ1) is 43.0. The molecule has 3 N–H and O–H groups in total. The molecule has 3 fully saturated rings. The maximum Gasteiger partial charge on any atom is 0.262 e. The smallest absolute Gasteiger partial charge is 0.262 e. The number of aromatic nitrogens is 1. The predicted octanol–water partition coefficient (Wildman–Crippen LogP) is 6.31. The lowest BCUT2D eigenvalue weighted by Crippen LogP contribution is -2.54. The fourth-order valence-corrected chi connectivity index (χ4v) is 9.37. The number of carbonyl (C=O) groups is 4. The number of ether oxygens (including phenoxy) is 3. The lowest BCUT2D eigenvalue weighted by molar-refractivity contribution is -0.136. The lowest BCUT2D eigenvalue weighted by atomic mass is 9.95. The van der Waals surface area contributed by atoms with Gasteiger partial charge in [-0.15, -0.1) is 0 Å². The highest BCUT2D eigenvalue weighted by molar-refractivity contribution is 6.37. The van der Waals surface area contributed by atoms with Gasteiger partial charge < -0.3 is 34.6 Å². The maximum atomic E-state index is 13.4. The second-order valence-electron chi connectivity index (χ2n) is 16.1. The summed E-state index contributed by atoms with van der Waals surface area (Å²) in [7, 11) is 3.10. The Bertz CT molecular complexity index is 2450. The summed E-state index contributed by atoms with van der Waals surface area (Å²) in [4.78, 5) is 61.0. The summed E-state index contributed by atoms with van der Waals surface area (Å²) in [5.74, 6) is 0.116. The van der Waals surface area contributed by atoms with Crippen LogP contribution in [0.1, 0.15) is 71.2 Å². The molecule has 62 heavy (non-hydrogen) atoms. The van der Waals surface area contributed by atoms with Crippen LogP contribution in [0.3, 0.4) is 0 Å². The van der Waals surface area contributed by atoms with Crippen molar-refractivity contribution in [2.45, 2.75) is 57.0 Å². The molecule has 0 spiro atoms. The van der Waals surface area contributed by atoms with Gasteiger partial charge in [0.15, 0.2) is 11.5 Å². The number of nitrogens with one attached hydrogen (secondary N) is 3. The van der Waals surface area contributed by atoms with Crippen LogP contribution in [0, 0.1) is 17.2 Å². The monoisotopic (exact) mass is 882 g/mol. The van der Waals surface area contributed by atoms with E-state index in [2.05, 4.69) is 36.8 Å². The molecule has 4 aromatic rings. The number of rotatable bonds is 14. The van der Waals surface area contributed by atoms with Crippen LogP contribution in [0.25, 0.3) is 10.9 Å². The molecule has 4 amide bonds. The van der Waals surface area contributed by atoms with Crippen molar-refractivity contribution in [2.24, 2.45) is 5.92 Å². The van der Waals surface area contributed by atoms with Gasteiger partial charge in [0, 0.05) is 61.5 Å². The number of halogens is 2. The fraction of sp³-hybridized carbons (Fsp3) is 0.422. The van der Waals surface area contributed by atoms with Crippen LogP contribution in [-0.2, 0) is 9.59 Å². The van der Waals surface area contributed by atoms with E-state index in [1.165, 1.54) is 13.3 Å². The quantitative estimate of drug-likeness (QED) is 0.0949. The number of pyridine rings is 1. The fourth-order valence-electron chi connectivity index (χ4n) is 8.86. The molecule has 324 valence electrons. The minimum absolute atomic E-state index is 0.0880. The molecule has 1 unspecified atom stereocenters. The van der Waals surface area contributed by atoms with E-state index in [9.17, 15) is 24.4 Å². The molecule has 15 nitrogen and oxygen atoms in total. The van der Waals surface area contributed by atoms with Crippen molar-refractivity contribution in [1.29, 1.82) is 5.26 Å². The van der Waals surface area contributed by atoms with Gasteiger partial charge in [0.25, 0.3) is 11.8 Å². The van der Waals surface area contributed by atoms with Gasteiger partial charge >= 0.3 is 0 Å². The Labute approximate surface area is 369 Å². The van der Waals surface area contributed by atoms with Gasteiger partial charge in [0.1, 0.15) is 17.9 Å². The van der Waals surface area contributed by atoms with Crippen LogP contribution >= 0.6 is 23.2 Å². The molecule has 3 aromatic carbocycles. The van der Waals surface area contributed by atoms with Crippen molar-refractivity contribution in [3.05, 3.63) is 75.4 Å². The van der Waals surface area contributed by atoms with E-state index in [1.807, 2.05) is 18.2 Å². The SMILES string of the molecule is COc1cc(Nc2c(C#N)cnc3cc(OCCCN4CCC(CN[C@H]5CCCN(c6ccc7c(c6)C(=O)N(C6CCC(=O)NC6=O)C7=O)C5)CC4)c(OC)cc23)c(Cl)cc1Cl. The van der Waals surface area contributed by atoms with Crippen LogP contribution in [-0.4, -0.2) is 111 Å². The van der Waals surface area contributed by atoms with E-state index < -0.39 is 29.7 Å². The molecule has 0 saturated carbocycles. The van der Waals surface area contributed by atoms with Gasteiger partial charge in [-0.05, 0) is 94.4 Å². The zero-order valence-electron chi connectivity index (χ0n) is 34.6. The number of imide groups is 2. The Morgan fingerprint density at radius 3 is 2.45 bits per heavy atom. The number of piperidine rings is 3. The first-order valence-corrected chi connectivity index (χ1v) is 21.7. The Hall–Kier alpha value is -5.66. The third-order valence-corrected chi connectivity index (χ3v) is 12.9. The number of anilines is 3. The number of nitriles is 1. The highest BCUT2D eigenvalue weighted by Crippen LogP contribution is 2.41. The van der Waals surface area contributed by atoms with Crippen LogP contribution in [0.15, 0.2) is 48.7 Å². The van der Waals surface area contributed by atoms with Gasteiger partial charge in [0.2, 0.25) is 11.8 Å². The van der Waals surface area contributed by atoms with E-state index in [0.29, 0.717) is 84.8 Å². The highest BCUT2D eigenvalue weighted by atomic mass is 35.5. The first-order chi connectivity index (χ1) is 30.0. The molecular formula is C45H48Cl2N8O7. The summed E-state index contributed by atoms with van der Waals surface area (Å²) in [5, 5.41) is 20.7. The molecule has 4 aliphatic heterocycles. The predicted molar refractivity (Wildman–Crippen MR) is 235 cm³/mol. The molecule has 0 aliphatic carbocycles. The van der Waals surface area contributed by atoms with Crippen molar-refractivity contribution >= 4 is 74.8 Å². The largest absolute Gasteiger partial charge is 0.495 e. The summed E-state index contributed by atoms with van der Waals surface area (Å²) >= 11 is 12.7. The topological polar surface area (TPSA) is 178 Å². The summed E-state index contributed by atoms with van der Waals surface area (Å²) in [5.41, 5.74) is 3.46. The van der Waals surface area contributed by atoms with E-state index in [-0.39, 0.29) is 12.8 Å². The summed E-state index contributed by atoms with van der Waals surface area (Å²) in [6, 6.07) is 13.8. The zero-order valence-corrected chi connectivity index (χ0v) is 36.1. The average molecular weight is 884 g/mol. The minimum Gasteiger partial charge on any atom is -0.495 e. The van der Waals surface area contributed by atoms with Crippen LogP contribution in [0.5, 0.6) is 17.2 Å². The number of amides is 4. The van der Waals surface area contributed by atoms with Gasteiger partial charge in [-0.25, -0.2) is 0 Å². The van der Waals surface area contributed by atoms with E-state index in [4.69, 9.17) is 37.4 Å². The van der Waals surface area contributed by atoms with Crippen molar-refractivity contribution in [3.8, 4) is 23.3 Å². The highest BCUT2D eigenvalue weighted by Gasteiger charge is 2.45. The van der Waals surface area contributed by atoms with Gasteiger partial charge in [-0.1, -0.05) is 23.2 Å². The summed E-state index contributed by atoms with van der Waals surface area (Å²) < 4.78 is 17.3. The number of carbonyl (C=O) groups excluding carboxylic acids is 4. The molecule has 0 radical (unpaired) electrons. The molecule has 3 saturated heterocycles. The molecule has 4 aliphatic rings. The molecule has 1 aromatic heterocycles. The van der Waals surface area contributed by atoms with E-state index in [0.717, 1.165) is 82.0 Å². The third kappa shape index (κ3) is 8.96. The molecular weight excluding hydrogens is 835 g/mol. The number of methoxy groups -OCH3 is 2. The Morgan fingerprint density at radius 1 is 0.903 bits per heavy atom. The van der Waals surface area contributed by atoms with Gasteiger partial charge in [-0.3, -0.25) is 34.4 Å². The number of nitrogens with zero attached hydrogens (tertiary/aromatic N) is 5. The Balaban J connectivity index is 0.796. The second-order valence-corrected chi connectivity index (χ2v) is 16.9. The lowest BCUT2D eigenvalue weighted by Gasteiger charge is -2.37. The Kier molecular flexibility index (Phi) is 13.0. The average Bonchev–Trinajstić information content (AvgIpc) is 3.53. The van der Waals surface area contributed by atoms with Crippen molar-refractivity contribution in [2.75, 3.05) is 70.3 Å². The standard InChI is InChI=1S/C45H48Cl2N8O7/c1-60-38-21-36(33(46)19-34(38)47)51-42-27(22-48)24-50-35-20-40(39(61-2)18-32(35)42)62-16-4-12-53-14-10-26(11-15-53)23-49-28-5-3-13-54(25-28)29-6-7-30-31(17-29)45(59)55(44(30)58)37-8-9-41(56)52-43(37)57/h6-7,17-21,24,26,28,37,49H,3-5,8-16,23,25H2,1-2H3,(H,50,51)(H,52,56,57)/t28-,37?/m0/s1. The van der Waals surface area contributed by atoms with Crippen molar-refractivity contribution in [3.63, 3.8) is 0 Å². The van der Waals surface area contributed by atoms with Crippen molar-refractivity contribution < 1.29 is 33.4 Å². The first-order valence-electron chi connectivity index (χ1n) is 20.9. The number of likely N-dealkylation sites (tertiary alicyclic amines) is 1. The van der Waals surface area contributed by atoms with Gasteiger partial charge in [0.05, 0.1) is 64.5 Å². The van der Waals surface area contributed by atoms with Gasteiger partial charge in [-0.2, -0.15) is 5.26 Å². The number of fused-ring (bicyclic) bond motifs is 2. The molecule has 0 bridgehead atoms. The normalized spacial score (nSPS) is 19.7. The van der Waals surface area contributed by atoms with Crippen LogP contribution in [0.4, 0.5) is 17.1 Å². The van der Waals surface area contributed by atoms with E-state index >= 15 is 0 Å². The number of hydrogen-bond donors (Lipinski definition) is 3. The molecule has 2 atom stereocenters. The maximum absolute atomic E-state index is 13.4. The second kappa shape index (κ2) is 18.8. The van der Waals surface area contributed by atoms with Crippen LogP contribution in [0.2, 0.25) is 10.0 Å². The molecule has 5 heterocycles. The summed E-state index contributed by atoms with van der Waals surface area (Å²) in [6.45, 7) is 6.03. The molecule has 17 heteroatoms. The van der Waals surface area contributed by atoms with Crippen molar-refractivity contribution in [1.82, 2.24) is 25.4 Å². The number of benzene rings is 3. The Morgan fingerprint density at radius 2 is 1.69 bits per heavy atom. The minimum atomic E-state index is -0.979. The molecule has 8 rings (SSSR count). The van der Waals surface area contributed by atoms with Crippen LogP contribution < -0.4 is 35.1 Å². The zero-order chi connectivity index (χ0) is 43.5. The summed E-state index contributed by atoms with van der Waals surface area (Å²) in [6.07, 6.45) is 6.84. The number of hydrogen-bond acceptors (Lipinski definition) is 13. The van der Waals surface area contributed by atoms with E-state index in [1.54, 1.807) is 31.4 Å².